The molecule has 1 unspecified atom stereocenters. The number of nitrogens with zero attached hydrogens (tertiary/aromatic N) is 1. The zero-order valence-corrected chi connectivity index (χ0v) is 6.59. The van der Waals surface area contributed by atoms with Crippen LogP contribution in [0, 0.1) is 0 Å². The van der Waals surface area contributed by atoms with Crippen molar-refractivity contribution < 1.29 is 0 Å². The predicted octanol–water partition coefficient (Wildman–Crippen LogP) is 1.08. The summed E-state index contributed by atoms with van der Waals surface area (Å²) in [5.41, 5.74) is 1.51. The van der Waals surface area contributed by atoms with Gasteiger partial charge in [0, 0.05) is 13.1 Å². The topological polar surface area (TPSA) is 3.24 Å². The largest absolute Gasteiger partial charge is 0.298 e. The van der Waals surface area contributed by atoms with E-state index in [0.717, 1.165) is 13.1 Å². The Morgan fingerprint density at radius 1 is 1.50 bits per heavy atom. The molecule has 8 heavy (non-hydrogen) atoms. The van der Waals surface area contributed by atoms with Crippen LogP contribution >= 0.6 is 9.24 Å². The molecular formula is C6H12NP. The molecule has 1 aliphatic heterocycles. The van der Waals surface area contributed by atoms with Gasteiger partial charge >= 0.3 is 0 Å². The zero-order chi connectivity index (χ0) is 6.15. The van der Waals surface area contributed by atoms with Gasteiger partial charge in [-0.1, -0.05) is 5.57 Å². The van der Waals surface area contributed by atoms with Crippen LogP contribution in [-0.4, -0.2) is 25.0 Å². The van der Waals surface area contributed by atoms with Crippen molar-refractivity contribution in [2.45, 2.75) is 6.92 Å². The van der Waals surface area contributed by atoms with E-state index >= 15 is 0 Å². The van der Waals surface area contributed by atoms with Crippen molar-refractivity contribution in [3.8, 4) is 0 Å². The molecule has 46 valence electrons. The van der Waals surface area contributed by atoms with Crippen LogP contribution < -0.4 is 0 Å². The van der Waals surface area contributed by atoms with Crippen LogP contribution in [0.1, 0.15) is 6.92 Å². The number of rotatable bonds is 0. The Morgan fingerprint density at radius 3 is 2.25 bits per heavy atom. The molecule has 0 saturated heterocycles. The summed E-state index contributed by atoms with van der Waals surface area (Å²) < 4.78 is 0. The third-order valence-corrected chi connectivity index (χ3v) is 2.17. The molecule has 1 rings (SSSR count). The van der Waals surface area contributed by atoms with Crippen LogP contribution in [0.2, 0.25) is 0 Å². The van der Waals surface area contributed by atoms with E-state index in [1.54, 1.807) is 0 Å². The first-order valence-corrected chi connectivity index (χ1v) is 3.40. The van der Waals surface area contributed by atoms with Crippen LogP contribution in [0.15, 0.2) is 10.9 Å². The molecule has 1 heterocycles. The Bertz CT molecular complexity index is 114. The molecule has 0 fully saturated rings. The molecule has 1 nitrogen and oxygen atoms in total. The summed E-state index contributed by atoms with van der Waals surface area (Å²) in [6, 6.07) is 0. The quantitative estimate of drug-likeness (QED) is 0.442. The molecule has 0 saturated carbocycles. The minimum absolute atomic E-state index is 1.14. The Morgan fingerprint density at radius 2 is 2.12 bits per heavy atom. The van der Waals surface area contributed by atoms with Crippen LogP contribution in [0.25, 0.3) is 0 Å². The fourth-order valence-corrected chi connectivity index (χ4v) is 1.39. The highest BCUT2D eigenvalue weighted by Crippen LogP contribution is 2.19. The summed E-state index contributed by atoms with van der Waals surface area (Å²) in [7, 11) is 4.91. The SMILES string of the molecule is CC1=C(P)CN(C)C1. The number of hydrogen-bond acceptors (Lipinski definition) is 1. The van der Waals surface area contributed by atoms with Crippen LogP contribution in [0.4, 0.5) is 0 Å². The molecule has 0 spiro atoms. The normalized spacial score (nSPS) is 22.9. The highest BCUT2D eigenvalue weighted by molar-refractivity contribution is 7.22. The van der Waals surface area contributed by atoms with Crippen molar-refractivity contribution in [1.29, 1.82) is 0 Å². The molecule has 1 aliphatic rings. The minimum Gasteiger partial charge on any atom is -0.298 e. The molecule has 0 aromatic carbocycles. The van der Waals surface area contributed by atoms with Crippen molar-refractivity contribution >= 4 is 9.24 Å². The molecule has 2 heteroatoms. The Kier molecular flexibility index (Phi) is 1.69. The molecule has 0 aliphatic carbocycles. The molecule has 0 radical (unpaired) electrons. The third kappa shape index (κ3) is 1.10. The number of hydrogen-bond donors (Lipinski definition) is 0. The van der Waals surface area contributed by atoms with E-state index in [1.165, 1.54) is 10.9 Å². The van der Waals surface area contributed by atoms with Crippen molar-refractivity contribution in [3.05, 3.63) is 10.9 Å². The summed E-state index contributed by atoms with van der Waals surface area (Å²) in [6.45, 7) is 4.47. The van der Waals surface area contributed by atoms with Crippen LogP contribution in [0.3, 0.4) is 0 Å². The van der Waals surface area contributed by atoms with Gasteiger partial charge in [-0.05, 0) is 19.3 Å². The summed E-state index contributed by atoms with van der Waals surface area (Å²) in [5.74, 6) is 0. The van der Waals surface area contributed by atoms with Gasteiger partial charge in [-0.3, -0.25) is 4.90 Å². The van der Waals surface area contributed by atoms with Gasteiger partial charge in [-0.15, -0.1) is 9.24 Å². The average Bonchev–Trinajstić information content (AvgIpc) is 1.85. The number of likely N-dealkylation sites (N-methyl/N-ethyl adjacent to an activating group) is 1. The van der Waals surface area contributed by atoms with E-state index in [9.17, 15) is 0 Å². The third-order valence-electron chi connectivity index (χ3n) is 1.50. The van der Waals surface area contributed by atoms with E-state index in [2.05, 4.69) is 28.1 Å². The smallest absolute Gasteiger partial charge is 0.0233 e. The lowest BCUT2D eigenvalue weighted by molar-refractivity contribution is 0.428. The molecular weight excluding hydrogens is 117 g/mol. The van der Waals surface area contributed by atoms with Gasteiger partial charge in [0.15, 0.2) is 0 Å². The van der Waals surface area contributed by atoms with Gasteiger partial charge in [-0.25, -0.2) is 0 Å². The lowest BCUT2D eigenvalue weighted by Gasteiger charge is -2.04. The average molecular weight is 129 g/mol. The second-order valence-electron chi connectivity index (χ2n) is 2.48. The first-order chi connectivity index (χ1) is 3.70. The summed E-state index contributed by atoms with van der Waals surface area (Å²) >= 11 is 0. The zero-order valence-electron chi connectivity index (χ0n) is 5.44. The second-order valence-corrected chi connectivity index (χ2v) is 3.17. The Labute approximate surface area is 53.0 Å². The maximum absolute atomic E-state index is 2.77. The van der Waals surface area contributed by atoms with E-state index in [1.807, 2.05) is 0 Å². The summed E-state index contributed by atoms with van der Waals surface area (Å²) in [5, 5.41) is 1.47. The van der Waals surface area contributed by atoms with E-state index in [4.69, 9.17) is 0 Å². The van der Waals surface area contributed by atoms with E-state index < -0.39 is 0 Å². The summed E-state index contributed by atoms with van der Waals surface area (Å²) in [6.07, 6.45) is 0. The second kappa shape index (κ2) is 2.16. The van der Waals surface area contributed by atoms with Crippen molar-refractivity contribution in [3.63, 3.8) is 0 Å². The van der Waals surface area contributed by atoms with Gasteiger partial charge in [0.1, 0.15) is 0 Å². The molecule has 0 aromatic rings. The maximum Gasteiger partial charge on any atom is 0.0233 e. The molecule has 0 N–H and O–H groups in total. The van der Waals surface area contributed by atoms with Gasteiger partial charge in [-0.2, -0.15) is 0 Å². The van der Waals surface area contributed by atoms with Crippen molar-refractivity contribution in [2.75, 3.05) is 20.1 Å². The molecule has 1 atom stereocenters. The standard InChI is InChI=1S/C6H12NP/c1-5-3-7(2)4-6(5)8/h3-4,8H2,1-2H3. The van der Waals surface area contributed by atoms with Gasteiger partial charge in [0.25, 0.3) is 0 Å². The first-order valence-electron chi connectivity index (χ1n) is 2.83. The van der Waals surface area contributed by atoms with E-state index in [-0.39, 0.29) is 0 Å². The molecule has 0 bridgehead atoms. The lowest BCUT2D eigenvalue weighted by Crippen LogP contribution is -2.13. The van der Waals surface area contributed by atoms with Gasteiger partial charge in [0.2, 0.25) is 0 Å². The van der Waals surface area contributed by atoms with Crippen LogP contribution in [0.5, 0.6) is 0 Å². The minimum atomic E-state index is 1.14. The van der Waals surface area contributed by atoms with Crippen molar-refractivity contribution in [1.82, 2.24) is 4.90 Å². The first kappa shape index (κ1) is 6.25. The van der Waals surface area contributed by atoms with Crippen molar-refractivity contribution in [2.24, 2.45) is 0 Å². The fraction of sp³-hybridized carbons (Fsp3) is 0.667. The van der Waals surface area contributed by atoms with E-state index in [0.29, 0.717) is 0 Å². The monoisotopic (exact) mass is 129 g/mol. The Balaban J connectivity index is 2.60. The van der Waals surface area contributed by atoms with Gasteiger partial charge in [0.05, 0.1) is 0 Å². The Hall–Kier alpha value is 0.130. The van der Waals surface area contributed by atoms with Gasteiger partial charge < -0.3 is 0 Å². The highest BCUT2D eigenvalue weighted by Gasteiger charge is 2.10. The highest BCUT2D eigenvalue weighted by atomic mass is 31.0. The molecule has 0 amide bonds. The molecule has 0 aromatic heterocycles. The predicted molar refractivity (Wildman–Crippen MR) is 39.9 cm³/mol. The van der Waals surface area contributed by atoms with Crippen LogP contribution in [-0.2, 0) is 0 Å². The lowest BCUT2D eigenvalue weighted by atomic mass is 10.3. The maximum atomic E-state index is 2.77. The summed E-state index contributed by atoms with van der Waals surface area (Å²) in [4.78, 5) is 2.30. The fourth-order valence-electron chi connectivity index (χ4n) is 0.988.